The van der Waals surface area contributed by atoms with Gasteiger partial charge in [0, 0.05) is 13.2 Å². The Hall–Kier alpha value is -1.67. The minimum atomic E-state index is -2.18. The number of aryl methyl sites for hydroxylation is 1. The molecular formula is C9H10N5O2S-. The van der Waals surface area contributed by atoms with Crippen molar-refractivity contribution in [2.75, 3.05) is 0 Å². The minimum Gasteiger partial charge on any atom is -0.772 e. The lowest BCUT2D eigenvalue weighted by Crippen LogP contribution is -2.04. The largest absolute Gasteiger partial charge is 0.772 e. The quantitative estimate of drug-likeness (QED) is 0.711. The van der Waals surface area contributed by atoms with E-state index in [9.17, 15) is 8.76 Å². The van der Waals surface area contributed by atoms with Crippen LogP contribution in [-0.4, -0.2) is 33.5 Å². The van der Waals surface area contributed by atoms with Gasteiger partial charge in [-0.25, -0.2) is 4.98 Å². The van der Waals surface area contributed by atoms with E-state index >= 15 is 0 Å². The molecule has 0 saturated heterocycles. The highest BCUT2D eigenvalue weighted by molar-refractivity contribution is 7.78. The monoisotopic (exact) mass is 252 g/mol. The molecular weight excluding hydrogens is 242 g/mol. The number of hydrogen-bond acceptors (Lipinski definition) is 6. The molecule has 2 aromatic rings. The van der Waals surface area contributed by atoms with Gasteiger partial charge in [0.1, 0.15) is 11.5 Å². The Balaban J connectivity index is 2.37. The summed E-state index contributed by atoms with van der Waals surface area (Å²) >= 11 is -2.18. The highest BCUT2D eigenvalue weighted by atomic mass is 32.2. The van der Waals surface area contributed by atoms with E-state index in [0.717, 1.165) is 5.69 Å². The molecule has 0 saturated carbocycles. The molecule has 17 heavy (non-hydrogen) atoms. The number of hydrogen-bond donors (Lipinski definition) is 0. The first kappa shape index (κ1) is 11.8. The maximum absolute atomic E-state index is 10.6. The van der Waals surface area contributed by atoms with Gasteiger partial charge in [-0.05, 0) is 18.0 Å². The minimum absolute atomic E-state index is 0.164. The predicted molar refractivity (Wildman–Crippen MR) is 59.4 cm³/mol. The van der Waals surface area contributed by atoms with Crippen LogP contribution < -0.4 is 0 Å². The van der Waals surface area contributed by atoms with E-state index in [2.05, 4.69) is 20.2 Å². The van der Waals surface area contributed by atoms with E-state index in [1.165, 1.54) is 0 Å². The molecule has 0 fully saturated rings. The molecule has 0 aliphatic heterocycles. The predicted octanol–water partition coefficient (Wildman–Crippen LogP) is -0.0404. The van der Waals surface area contributed by atoms with Crippen molar-refractivity contribution in [3.63, 3.8) is 0 Å². The fourth-order valence-electron chi connectivity index (χ4n) is 1.32. The number of aromatic nitrogens is 5. The summed E-state index contributed by atoms with van der Waals surface area (Å²) in [5.74, 6) is 0.705. The van der Waals surface area contributed by atoms with Gasteiger partial charge >= 0.3 is 0 Å². The van der Waals surface area contributed by atoms with E-state index in [4.69, 9.17) is 0 Å². The second-order valence-corrected chi connectivity index (χ2v) is 4.39. The van der Waals surface area contributed by atoms with Gasteiger partial charge in [0.05, 0.1) is 17.6 Å². The maximum Gasteiger partial charge on any atom is 0.183 e. The van der Waals surface area contributed by atoms with Gasteiger partial charge in [0.25, 0.3) is 0 Å². The third kappa shape index (κ3) is 2.53. The van der Waals surface area contributed by atoms with Gasteiger partial charge < -0.3 is 9.12 Å². The highest BCUT2D eigenvalue weighted by Gasteiger charge is 2.11. The van der Waals surface area contributed by atoms with Crippen LogP contribution in [0.3, 0.4) is 0 Å². The Morgan fingerprint density at radius 1 is 1.35 bits per heavy atom. The summed E-state index contributed by atoms with van der Waals surface area (Å²) in [5, 5.41) is 7.71. The smallest absolute Gasteiger partial charge is 0.183 e. The average Bonchev–Trinajstić information content (AvgIpc) is 2.61. The maximum atomic E-state index is 10.6. The molecule has 0 aliphatic carbocycles. The zero-order valence-corrected chi connectivity index (χ0v) is 10.1. The second-order valence-electron chi connectivity index (χ2n) is 3.49. The Bertz CT molecular complexity index is 551. The lowest BCUT2D eigenvalue weighted by Gasteiger charge is -2.05. The molecule has 0 aromatic carbocycles. The van der Waals surface area contributed by atoms with Crippen LogP contribution in [0.5, 0.6) is 0 Å². The molecule has 90 valence electrons. The first-order valence-electron chi connectivity index (χ1n) is 4.81. The van der Waals surface area contributed by atoms with Crippen molar-refractivity contribution >= 4 is 11.1 Å². The highest BCUT2D eigenvalue weighted by Crippen LogP contribution is 2.13. The number of rotatable bonds is 3. The van der Waals surface area contributed by atoms with E-state index in [1.807, 2.05) is 6.92 Å². The van der Waals surface area contributed by atoms with Crippen LogP contribution >= 0.6 is 0 Å². The molecule has 0 radical (unpaired) electrons. The van der Waals surface area contributed by atoms with Crippen LogP contribution in [0.25, 0.3) is 11.5 Å². The zero-order chi connectivity index (χ0) is 12.4. The van der Waals surface area contributed by atoms with Crippen LogP contribution in [0.1, 0.15) is 11.5 Å². The molecule has 2 aromatic heterocycles. The fourth-order valence-corrected chi connectivity index (χ4v) is 1.79. The van der Waals surface area contributed by atoms with Gasteiger partial charge in [-0.2, -0.15) is 0 Å². The Morgan fingerprint density at radius 3 is 2.71 bits per heavy atom. The SMILES string of the molecule is Cc1cnc(-c2nnc(CS(=O)[O-])n2C)cn1. The van der Waals surface area contributed by atoms with Crippen molar-refractivity contribution in [1.29, 1.82) is 0 Å². The van der Waals surface area contributed by atoms with Crippen LogP contribution in [-0.2, 0) is 23.9 Å². The summed E-state index contributed by atoms with van der Waals surface area (Å²) in [4.78, 5) is 8.26. The third-order valence-electron chi connectivity index (χ3n) is 2.22. The van der Waals surface area contributed by atoms with E-state index in [1.54, 1.807) is 24.0 Å². The lowest BCUT2D eigenvalue weighted by atomic mass is 10.4. The van der Waals surface area contributed by atoms with Gasteiger partial charge in [0.15, 0.2) is 5.82 Å². The lowest BCUT2D eigenvalue weighted by molar-refractivity contribution is 0.533. The number of nitrogens with zero attached hydrogens (tertiary/aromatic N) is 5. The van der Waals surface area contributed by atoms with Gasteiger partial charge in [-0.15, -0.1) is 10.2 Å². The average molecular weight is 252 g/mol. The van der Waals surface area contributed by atoms with Crippen molar-refractivity contribution in [3.05, 3.63) is 23.9 Å². The van der Waals surface area contributed by atoms with E-state index in [0.29, 0.717) is 17.3 Å². The molecule has 0 spiro atoms. The second kappa shape index (κ2) is 4.68. The Morgan fingerprint density at radius 2 is 2.12 bits per heavy atom. The molecule has 0 bridgehead atoms. The summed E-state index contributed by atoms with van der Waals surface area (Å²) in [7, 11) is 1.69. The Kier molecular flexibility index (Phi) is 3.25. The Labute approximate surface area is 100 Å². The molecule has 8 heteroatoms. The molecule has 7 nitrogen and oxygen atoms in total. The van der Waals surface area contributed by atoms with Crippen molar-refractivity contribution in [1.82, 2.24) is 24.7 Å². The normalized spacial score (nSPS) is 12.6. The first-order valence-corrected chi connectivity index (χ1v) is 6.05. The van der Waals surface area contributed by atoms with Crippen molar-refractivity contribution in [2.24, 2.45) is 7.05 Å². The molecule has 1 atom stereocenters. The van der Waals surface area contributed by atoms with Crippen LogP contribution in [0.2, 0.25) is 0 Å². The van der Waals surface area contributed by atoms with Crippen LogP contribution in [0.4, 0.5) is 0 Å². The van der Waals surface area contributed by atoms with E-state index in [-0.39, 0.29) is 5.75 Å². The molecule has 1 unspecified atom stereocenters. The fraction of sp³-hybridized carbons (Fsp3) is 0.333. The summed E-state index contributed by atoms with van der Waals surface area (Å²) in [5.41, 5.74) is 1.37. The zero-order valence-electron chi connectivity index (χ0n) is 9.32. The third-order valence-corrected chi connectivity index (χ3v) is 2.72. The van der Waals surface area contributed by atoms with Gasteiger partial charge in [0.2, 0.25) is 0 Å². The molecule has 0 N–H and O–H groups in total. The first-order chi connectivity index (χ1) is 8.08. The summed E-state index contributed by atoms with van der Waals surface area (Å²) < 4.78 is 22.8. The van der Waals surface area contributed by atoms with Crippen molar-refractivity contribution < 1.29 is 8.76 Å². The van der Waals surface area contributed by atoms with Crippen molar-refractivity contribution in [2.45, 2.75) is 12.7 Å². The molecule has 0 aliphatic rings. The molecule has 2 rings (SSSR count). The van der Waals surface area contributed by atoms with Crippen molar-refractivity contribution in [3.8, 4) is 11.5 Å². The molecule has 0 amide bonds. The van der Waals surface area contributed by atoms with Gasteiger partial charge in [-0.3, -0.25) is 9.19 Å². The van der Waals surface area contributed by atoms with Crippen LogP contribution in [0, 0.1) is 6.92 Å². The van der Waals surface area contributed by atoms with Crippen LogP contribution in [0.15, 0.2) is 12.4 Å². The van der Waals surface area contributed by atoms with E-state index < -0.39 is 11.1 Å². The van der Waals surface area contributed by atoms with Gasteiger partial charge in [-0.1, -0.05) is 0 Å². The standard InChI is InChI=1S/C9H11N5O2S/c1-6-3-11-7(4-10-6)9-13-12-8(14(9)2)5-17(15)16/h3-4H,5H2,1-2H3,(H,15,16)/p-1. The topological polar surface area (TPSA) is 96.6 Å². The summed E-state index contributed by atoms with van der Waals surface area (Å²) in [6.07, 6.45) is 3.20. The summed E-state index contributed by atoms with van der Waals surface area (Å²) in [6, 6.07) is 0. The summed E-state index contributed by atoms with van der Waals surface area (Å²) in [6.45, 7) is 1.83. The molecule has 2 heterocycles.